The van der Waals surface area contributed by atoms with Crippen molar-refractivity contribution in [3.63, 3.8) is 0 Å². The van der Waals surface area contributed by atoms with Crippen molar-refractivity contribution < 1.29 is 18.3 Å². The number of halogens is 3. The Kier molecular flexibility index (Phi) is 4.46. The van der Waals surface area contributed by atoms with Crippen LogP contribution < -0.4 is 10.6 Å². The topological polar surface area (TPSA) is 70.1 Å². The zero-order valence-electron chi connectivity index (χ0n) is 12.8. The second-order valence-corrected chi connectivity index (χ2v) is 5.76. The first-order valence-corrected chi connectivity index (χ1v) is 7.69. The molecule has 8 heteroatoms. The summed E-state index contributed by atoms with van der Waals surface area (Å²) in [6.07, 6.45) is -0.676. The maximum atomic E-state index is 13.1. The van der Waals surface area contributed by atoms with Gasteiger partial charge in [0.05, 0.1) is 0 Å². The molecule has 1 aliphatic carbocycles. The van der Waals surface area contributed by atoms with E-state index in [0.29, 0.717) is 5.69 Å². The molecular formula is C16H17F3N4O. The fraction of sp³-hybridized carbons (Fsp3) is 0.375. The van der Waals surface area contributed by atoms with E-state index in [1.54, 1.807) is 12.1 Å². The number of benzene rings is 1. The first kappa shape index (κ1) is 16.4. The Morgan fingerprint density at radius 2 is 1.83 bits per heavy atom. The van der Waals surface area contributed by atoms with Crippen LogP contribution in [0.15, 0.2) is 30.3 Å². The van der Waals surface area contributed by atoms with Gasteiger partial charge in [-0.05, 0) is 25.0 Å². The van der Waals surface area contributed by atoms with Crippen LogP contribution in [0.25, 0.3) is 0 Å². The third-order valence-corrected chi connectivity index (χ3v) is 3.82. The summed E-state index contributed by atoms with van der Waals surface area (Å²) in [5, 5.41) is 15.2. The van der Waals surface area contributed by atoms with E-state index < -0.39 is 11.9 Å². The third kappa shape index (κ3) is 4.06. The maximum absolute atomic E-state index is 13.1. The average Bonchev–Trinajstić information content (AvgIpc) is 2.99. The second kappa shape index (κ2) is 6.54. The summed E-state index contributed by atoms with van der Waals surface area (Å²) in [5.41, 5.74) is -0.575. The quantitative estimate of drug-likeness (QED) is 0.775. The average molecular weight is 338 g/mol. The summed E-state index contributed by atoms with van der Waals surface area (Å²) in [4.78, 5) is 7.71. The predicted octanol–water partition coefficient (Wildman–Crippen LogP) is 4.30. The van der Waals surface area contributed by atoms with Crippen molar-refractivity contribution in [1.29, 1.82) is 0 Å². The SMILES string of the molecule is Oc1cccc(Nc2cc(C(F)(F)F)nc(NC3CCCC3)n2)c1. The monoisotopic (exact) mass is 338 g/mol. The first-order valence-electron chi connectivity index (χ1n) is 7.69. The summed E-state index contributed by atoms with van der Waals surface area (Å²) in [6, 6.07) is 7.03. The number of aromatic hydroxyl groups is 1. The lowest BCUT2D eigenvalue weighted by atomic mass is 10.2. The summed E-state index contributed by atoms with van der Waals surface area (Å²) in [6.45, 7) is 0. The highest BCUT2D eigenvalue weighted by atomic mass is 19.4. The normalized spacial score (nSPS) is 15.5. The minimum absolute atomic E-state index is 0.00871. The third-order valence-electron chi connectivity index (χ3n) is 3.82. The number of nitrogens with zero attached hydrogens (tertiary/aromatic N) is 2. The number of aromatic nitrogens is 2. The molecule has 1 saturated carbocycles. The van der Waals surface area contributed by atoms with Crippen LogP contribution in [0.1, 0.15) is 31.4 Å². The Hall–Kier alpha value is -2.51. The molecule has 0 aliphatic heterocycles. The molecule has 3 N–H and O–H groups in total. The van der Waals surface area contributed by atoms with E-state index in [-0.39, 0.29) is 23.6 Å². The van der Waals surface area contributed by atoms with Crippen molar-refractivity contribution in [2.45, 2.75) is 37.9 Å². The van der Waals surface area contributed by atoms with Crippen molar-refractivity contribution in [2.24, 2.45) is 0 Å². The Morgan fingerprint density at radius 3 is 2.50 bits per heavy atom. The Balaban J connectivity index is 1.88. The van der Waals surface area contributed by atoms with E-state index >= 15 is 0 Å². The van der Waals surface area contributed by atoms with Gasteiger partial charge in [-0.25, -0.2) is 4.98 Å². The second-order valence-electron chi connectivity index (χ2n) is 5.76. The van der Waals surface area contributed by atoms with Crippen molar-refractivity contribution in [1.82, 2.24) is 9.97 Å². The number of phenolic OH excluding ortho intramolecular Hbond substituents is 1. The van der Waals surface area contributed by atoms with Gasteiger partial charge in [-0.1, -0.05) is 18.9 Å². The first-order chi connectivity index (χ1) is 11.4. The lowest BCUT2D eigenvalue weighted by Crippen LogP contribution is -2.19. The van der Waals surface area contributed by atoms with Gasteiger partial charge in [0.2, 0.25) is 5.95 Å². The van der Waals surface area contributed by atoms with Gasteiger partial charge in [0.25, 0.3) is 0 Å². The molecular weight excluding hydrogens is 321 g/mol. The van der Waals surface area contributed by atoms with Crippen LogP contribution in [0, 0.1) is 0 Å². The number of alkyl halides is 3. The van der Waals surface area contributed by atoms with Crippen LogP contribution in [0.2, 0.25) is 0 Å². The van der Waals surface area contributed by atoms with E-state index in [4.69, 9.17) is 0 Å². The number of hydrogen-bond donors (Lipinski definition) is 3. The zero-order chi connectivity index (χ0) is 17.2. The molecule has 1 aromatic heterocycles. The number of anilines is 3. The molecule has 5 nitrogen and oxygen atoms in total. The summed E-state index contributed by atoms with van der Waals surface area (Å²) in [5.74, 6) is -0.0165. The largest absolute Gasteiger partial charge is 0.508 e. The highest BCUT2D eigenvalue weighted by Crippen LogP contribution is 2.31. The minimum Gasteiger partial charge on any atom is -0.508 e. The van der Waals surface area contributed by atoms with Crippen molar-refractivity contribution in [2.75, 3.05) is 10.6 Å². The van der Waals surface area contributed by atoms with Gasteiger partial charge in [0.15, 0.2) is 5.69 Å². The van der Waals surface area contributed by atoms with Gasteiger partial charge < -0.3 is 15.7 Å². The highest BCUT2D eigenvalue weighted by molar-refractivity contribution is 5.59. The van der Waals surface area contributed by atoms with Crippen LogP contribution in [0.4, 0.5) is 30.6 Å². The highest BCUT2D eigenvalue weighted by Gasteiger charge is 2.34. The molecule has 1 aliphatic rings. The van der Waals surface area contributed by atoms with Crippen LogP contribution in [-0.2, 0) is 6.18 Å². The summed E-state index contributed by atoms with van der Waals surface area (Å²) >= 11 is 0. The van der Waals surface area contributed by atoms with E-state index in [9.17, 15) is 18.3 Å². The van der Waals surface area contributed by atoms with Crippen molar-refractivity contribution in [3.05, 3.63) is 36.0 Å². The molecule has 0 saturated heterocycles. The van der Waals surface area contributed by atoms with Crippen LogP contribution >= 0.6 is 0 Å². The van der Waals surface area contributed by atoms with Crippen molar-refractivity contribution >= 4 is 17.5 Å². The van der Waals surface area contributed by atoms with Gasteiger partial charge in [-0.3, -0.25) is 0 Å². The minimum atomic E-state index is -4.57. The van der Waals surface area contributed by atoms with E-state index in [0.717, 1.165) is 31.7 Å². The molecule has 1 aromatic carbocycles. The lowest BCUT2D eigenvalue weighted by Gasteiger charge is -2.15. The summed E-state index contributed by atoms with van der Waals surface area (Å²) in [7, 11) is 0. The van der Waals surface area contributed by atoms with Gasteiger partial charge >= 0.3 is 6.18 Å². The standard InChI is InChI=1S/C16H17F3N4O/c17-16(18,19)13-9-14(20-11-6-3-7-12(24)8-11)23-15(22-13)21-10-4-1-2-5-10/h3,6-10,24H,1-2,4-5H2,(H2,20,21,22,23). The number of rotatable bonds is 4. The van der Waals surface area contributed by atoms with Crippen molar-refractivity contribution in [3.8, 4) is 5.75 Å². The summed E-state index contributed by atoms with van der Waals surface area (Å²) < 4.78 is 39.2. The Bertz CT molecular complexity index is 715. The van der Waals surface area contributed by atoms with Crippen LogP contribution in [-0.4, -0.2) is 21.1 Å². The van der Waals surface area contributed by atoms with Gasteiger partial charge in [0, 0.05) is 23.9 Å². The van der Waals surface area contributed by atoms with Gasteiger partial charge in [0.1, 0.15) is 11.6 Å². The molecule has 1 heterocycles. The molecule has 2 aromatic rings. The number of hydrogen-bond acceptors (Lipinski definition) is 5. The van der Waals surface area contributed by atoms with E-state index in [2.05, 4.69) is 20.6 Å². The molecule has 1 fully saturated rings. The number of phenols is 1. The molecule has 0 radical (unpaired) electrons. The molecule has 0 bridgehead atoms. The maximum Gasteiger partial charge on any atom is 0.433 e. The molecule has 0 spiro atoms. The molecule has 0 atom stereocenters. The molecule has 0 amide bonds. The van der Waals surface area contributed by atoms with Gasteiger partial charge in [-0.15, -0.1) is 0 Å². The lowest BCUT2D eigenvalue weighted by molar-refractivity contribution is -0.141. The molecule has 24 heavy (non-hydrogen) atoms. The molecule has 0 unspecified atom stereocenters. The fourth-order valence-corrected chi connectivity index (χ4v) is 2.71. The molecule has 3 rings (SSSR count). The predicted molar refractivity (Wildman–Crippen MR) is 84.3 cm³/mol. The van der Waals surface area contributed by atoms with Crippen LogP contribution in [0.5, 0.6) is 5.75 Å². The fourth-order valence-electron chi connectivity index (χ4n) is 2.71. The van der Waals surface area contributed by atoms with Gasteiger partial charge in [-0.2, -0.15) is 18.2 Å². The van der Waals surface area contributed by atoms with E-state index in [1.807, 2.05) is 0 Å². The van der Waals surface area contributed by atoms with Crippen LogP contribution in [0.3, 0.4) is 0 Å². The van der Waals surface area contributed by atoms with E-state index in [1.165, 1.54) is 12.1 Å². The Morgan fingerprint density at radius 1 is 1.08 bits per heavy atom. The smallest absolute Gasteiger partial charge is 0.433 e. The Labute approximate surface area is 137 Å². The zero-order valence-corrected chi connectivity index (χ0v) is 12.8. The number of nitrogens with one attached hydrogen (secondary N) is 2. The molecule has 128 valence electrons.